The summed E-state index contributed by atoms with van der Waals surface area (Å²) in [7, 11) is 1.86. The van der Waals surface area contributed by atoms with Gasteiger partial charge in [-0.1, -0.05) is 6.07 Å². The van der Waals surface area contributed by atoms with Crippen LogP contribution >= 0.6 is 0 Å². The van der Waals surface area contributed by atoms with Crippen molar-refractivity contribution in [1.82, 2.24) is 14.8 Å². The Bertz CT molecular complexity index is 617. The van der Waals surface area contributed by atoms with Gasteiger partial charge in [0.1, 0.15) is 11.6 Å². The van der Waals surface area contributed by atoms with E-state index in [0.29, 0.717) is 5.56 Å². The molecule has 0 atom stereocenters. The fraction of sp³-hybridized carbons (Fsp3) is 0.308. The van der Waals surface area contributed by atoms with E-state index in [9.17, 15) is 4.79 Å². The third kappa shape index (κ3) is 1.44. The molecular formula is C13H14N4O. The molecule has 3 heterocycles. The minimum atomic E-state index is 0.649. The highest BCUT2D eigenvalue weighted by Gasteiger charge is 2.27. The summed E-state index contributed by atoms with van der Waals surface area (Å²) in [5, 5.41) is 4.32. The maximum atomic E-state index is 11.2. The zero-order chi connectivity index (χ0) is 12.7. The summed E-state index contributed by atoms with van der Waals surface area (Å²) >= 11 is 0. The highest BCUT2D eigenvalue weighted by Crippen LogP contribution is 2.34. The number of hydrogen-bond acceptors (Lipinski definition) is 4. The third-order valence-corrected chi connectivity index (χ3v) is 3.34. The third-order valence-electron chi connectivity index (χ3n) is 3.34. The van der Waals surface area contributed by atoms with Gasteiger partial charge in [-0.05, 0) is 25.0 Å². The number of aldehydes is 1. The molecule has 0 unspecified atom stereocenters. The van der Waals surface area contributed by atoms with Crippen LogP contribution in [0.15, 0.2) is 18.3 Å². The lowest BCUT2D eigenvalue weighted by Gasteiger charge is -2.18. The lowest BCUT2D eigenvalue weighted by molar-refractivity contribution is 0.112. The van der Waals surface area contributed by atoms with E-state index < -0.39 is 0 Å². The Morgan fingerprint density at radius 3 is 3.06 bits per heavy atom. The van der Waals surface area contributed by atoms with Crippen molar-refractivity contribution in [2.45, 2.75) is 13.3 Å². The Hall–Kier alpha value is -2.17. The van der Waals surface area contributed by atoms with Crippen LogP contribution < -0.4 is 4.90 Å². The maximum Gasteiger partial charge on any atom is 0.155 e. The lowest BCUT2D eigenvalue weighted by atomic mass is 10.2. The van der Waals surface area contributed by atoms with Gasteiger partial charge in [0.2, 0.25) is 0 Å². The number of anilines is 2. The van der Waals surface area contributed by atoms with Crippen molar-refractivity contribution in [3.63, 3.8) is 0 Å². The van der Waals surface area contributed by atoms with Gasteiger partial charge in [-0.15, -0.1) is 0 Å². The topological polar surface area (TPSA) is 51.0 Å². The second-order valence-corrected chi connectivity index (χ2v) is 4.45. The number of nitrogens with zero attached hydrogens (tertiary/aromatic N) is 4. The number of aromatic nitrogens is 3. The van der Waals surface area contributed by atoms with Crippen LogP contribution in [0.1, 0.15) is 21.6 Å². The van der Waals surface area contributed by atoms with Gasteiger partial charge in [0, 0.05) is 19.8 Å². The first-order chi connectivity index (χ1) is 8.72. The Morgan fingerprint density at radius 2 is 2.28 bits per heavy atom. The molecule has 0 aliphatic carbocycles. The zero-order valence-electron chi connectivity index (χ0n) is 10.4. The highest BCUT2D eigenvalue weighted by atomic mass is 16.1. The van der Waals surface area contributed by atoms with E-state index in [1.807, 2.05) is 20.0 Å². The molecule has 18 heavy (non-hydrogen) atoms. The fourth-order valence-electron chi connectivity index (χ4n) is 2.53. The van der Waals surface area contributed by atoms with Gasteiger partial charge in [-0.25, -0.2) is 4.98 Å². The molecule has 0 N–H and O–H groups in total. The summed E-state index contributed by atoms with van der Waals surface area (Å²) in [4.78, 5) is 17.7. The van der Waals surface area contributed by atoms with Crippen LogP contribution in [0.4, 0.5) is 11.6 Å². The van der Waals surface area contributed by atoms with E-state index in [4.69, 9.17) is 0 Å². The molecule has 0 spiro atoms. The predicted molar refractivity (Wildman–Crippen MR) is 68.3 cm³/mol. The zero-order valence-corrected chi connectivity index (χ0v) is 10.4. The quantitative estimate of drug-likeness (QED) is 0.751. The van der Waals surface area contributed by atoms with Crippen molar-refractivity contribution in [3.05, 3.63) is 35.2 Å². The first-order valence-electron chi connectivity index (χ1n) is 5.92. The van der Waals surface area contributed by atoms with Gasteiger partial charge in [0.05, 0.1) is 11.3 Å². The van der Waals surface area contributed by atoms with E-state index in [1.54, 1.807) is 10.9 Å². The largest absolute Gasteiger partial charge is 0.310 e. The summed E-state index contributed by atoms with van der Waals surface area (Å²) in [6.07, 6.45) is 3.60. The molecule has 1 aliphatic rings. The smallest absolute Gasteiger partial charge is 0.155 e. The van der Waals surface area contributed by atoms with E-state index in [0.717, 1.165) is 36.6 Å². The molecule has 0 fully saturated rings. The Labute approximate surface area is 105 Å². The SMILES string of the molecule is Cc1nn(C)c(N2CCc3cccnc32)c1C=O. The molecule has 0 saturated heterocycles. The Morgan fingerprint density at radius 1 is 1.44 bits per heavy atom. The van der Waals surface area contributed by atoms with E-state index in [-0.39, 0.29) is 0 Å². The molecular weight excluding hydrogens is 228 g/mol. The minimum Gasteiger partial charge on any atom is -0.310 e. The number of hydrogen-bond donors (Lipinski definition) is 0. The molecule has 0 radical (unpaired) electrons. The van der Waals surface area contributed by atoms with E-state index >= 15 is 0 Å². The predicted octanol–water partition coefficient (Wildman–Crippen LogP) is 1.63. The van der Waals surface area contributed by atoms with Crippen LogP contribution in [-0.2, 0) is 13.5 Å². The van der Waals surface area contributed by atoms with Crippen LogP contribution in [0.3, 0.4) is 0 Å². The van der Waals surface area contributed by atoms with E-state index in [1.165, 1.54) is 5.56 Å². The maximum absolute atomic E-state index is 11.2. The number of pyridine rings is 1. The van der Waals surface area contributed by atoms with Crippen molar-refractivity contribution in [2.24, 2.45) is 7.05 Å². The van der Waals surface area contributed by atoms with Crippen LogP contribution in [0.25, 0.3) is 0 Å². The van der Waals surface area contributed by atoms with Crippen LogP contribution in [0.5, 0.6) is 0 Å². The van der Waals surface area contributed by atoms with Gasteiger partial charge < -0.3 is 4.90 Å². The van der Waals surface area contributed by atoms with Gasteiger partial charge in [0.25, 0.3) is 0 Å². The number of aryl methyl sites for hydroxylation is 2. The molecule has 0 aromatic carbocycles. The molecule has 0 saturated carbocycles. The lowest BCUT2D eigenvalue weighted by Crippen LogP contribution is -2.19. The normalized spacial score (nSPS) is 13.8. The molecule has 5 nitrogen and oxygen atoms in total. The molecule has 1 aliphatic heterocycles. The second kappa shape index (κ2) is 3.94. The Kier molecular flexibility index (Phi) is 2.40. The number of fused-ring (bicyclic) bond motifs is 1. The molecule has 2 aromatic heterocycles. The van der Waals surface area contributed by atoms with Gasteiger partial charge in [-0.3, -0.25) is 9.48 Å². The molecule has 2 aromatic rings. The average molecular weight is 242 g/mol. The molecule has 5 heteroatoms. The number of carbonyl (C=O) groups excluding carboxylic acids is 1. The van der Waals surface area contributed by atoms with Crippen molar-refractivity contribution < 1.29 is 4.79 Å². The monoisotopic (exact) mass is 242 g/mol. The summed E-state index contributed by atoms with van der Waals surface area (Å²) in [5.74, 6) is 1.77. The fourth-order valence-corrected chi connectivity index (χ4v) is 2.53. The first kappa shape index (κ1) is 11.0. The summed E-state index contributed by atoms with van der Waals surface area (Å²) in [6, 6.07) is 4.02. The van der Waals surface area contributed by atoms with Crippen molar-refractivity contribution in [1.29, 1.82) is 0 Å². The van der Waals surface area contributed by atoms with Gasteiger partial charge >= 0.3 is 0 Å². The van der Waals surface area contributed by atoms with Crippen molar-refractivity contribution in [2.75, 3.05) is 11.4 Å². The molecule has 0 bridgehead atoms. The molecule has 3 rings (SSSR count). The average Bonchev–Trinajstić information content (AvgIpc) is 2.89. The van der Waals surface area contributed by atoms with Crippen molar-refractivity contribution >= 4 is 17.9 Å². The van der Waals surface area contributed by atoms with Crippen LogP contribution in [0.2, 0.25) is 0 Å². The van der Waals surface area contributed by atoms with Gasteiger partial charge in [-0.2, -0.15) is 5.10 Å². The van der Waals surface area contributed by atoms with Crippen LogP contribution in [0, 0.1) is 6.92 Å². The van der Waals surface area contributed by atoms with Crippen LogP contribution in [-0.4, -0.2) is 27.6 Å². The standard InChI is InChI=1S/C13H14N4O/c1-9-11(8-18)13(16(2)15-9)17-7-5-10-4-3-6-14-12(10)17/h3-4,6,8H,5,7H2,1-2H3. The van der Waals surface area contributed by atoms with Crippen molar-refractivity contribution in [3.8, 4) is 0 Å². The van der Waals surface area contributed by atoms with E-state index in [2.05, 4.69) is 21.0 Å². The summed E-state index contributed by atoms with van der Waals surface area (Å²) in [6.45, 7) is 2.69. The Balaban J connectivity index is 2.16. The first-order valence-corrected chi connectivity index (χ1v) is 5.92. The minimum absolute atomic E-state index is 0.649. The number of carbonyl (C=O) groups is 1. The molecule has 92 valence electrons. The second-order valence-electron chi connectivity index (χ2n) is 4.45. The van der Waals surface area contributed by atoms with Gasteiger partial charge in [0.15, 0.2) is 6.29 Å². The summed E-state index contributed by atoms with van der Waals surface area (Å²) < 4.78 is 1.75. The highest BCUT2D eigenvalue weighted by molar-refractivity contribution is 5.87. The number of rotatable bonds is 2. The molecule has 0 amide bonds. The summed E-state index contributed by atoms with van der Waals surface area (Å²) in [5.41, 5.74) is 2.62.